The summed E-state index contributed by atoms with van der Waals surface area (Å²) in [5, 5.41) is 6.56. The van der Waals surface area contributed by atoms with Crippen molar-refractivity contribution in [2.45, 2.75) is 20.4 Å². The number of hydrogen-bond donors (Lipinski definition) is 3. The molecule has 0 radical (unpaired) electrons. The fraction of sp³-hybridized carbons (Fsp3) is 0.200. The number of aromatic nitrogens is 2. The van der Waals surface area contributed by atoms with Gasteiger partial charge in [-0.25, -0.2) is 9.97 Å². The van der Waals surface area contributed by atoms with E-state index in [1.807, 2.05) is 36.4 Å². The third-order valence-corrected chi connectivity index (χ3v) is 4.36. The molecule has 0 saturated heterocycles. The Hall–Kier alpha value is -3.28. The minimum Gasteiger partial charge on any atom is -0.497 e. The normalized spacial score (nSPS) is 10.4. The molecule has 4 N–H and O–H groups in total. The number of methoxy groups -OCH3 is 1. The predicted octanol–water partition coefficient (Wildman–Crippen LogP) is 4.04. The van der Waals surface area contributed by atoms with E-state index in [0.717, 1.165) is 17.0 Å². The summed E-state index contributed by atoms with van der Waals surface area (Å²) in [5.74, 6) is 2.02. The maximum absolute atomic E-state index is 6.26. The molecule has 0 spiro atoms. The van der Waals surface area contributed by atoms with Crippen LogP contribution in [0.25, 0.3) is 0 Å². The molecule has 1 aromatic heterocycles. The fourth-order valence-corrected chi connectivity index (χ4v) is 2.58. The minimum absolute atomic E-state index is 0.488. The Morgan fingerprint density at radius 3 is 2.46 bits per heavy atom. The van der Waals surface area contributed by atoms with Crippen LogP contribution in [0.5, 0.6) is 5.75 Å². The summed E-state index contributed by atoms with van der Waals surface area (Å²) in [4.78, 5) is 8.54. The van der Waals surface area contributed by atoms with E-state index < -0.39 is 0 Å². The van der Waals surface area contributed by atoms with Crippen molar-refractivity contribution in [2.24, 2.45) is 0 Å². The molecule has 134 valence electrons. The van der Waals surface area contributed by atoms with Gasteiger partial charge in [-0.05, 0) is 48.7 Å². The van der Waals surface area contributed by atoms with Crippen LogP contribution >= 0.6 is 0 Å². The summed E-state index contributed by atoms with van der Waals surface area (Å²) in [6, 6.07) is 13.9. The highest BCUT2D eigenvalue weighted by molar-refractivity contribution is 5.78. The van der Waals surface area contributed by atoms with Crippen LogP contribution < -0.4 is 21.1 Å². The van der Waals surface area contributed by atoms with E-state index in [4.69, 9.17) is 10.5 Å². The Morgan fingerprint density at radius 1 is 1.00 bits per heavy atom. The van der Waals surface area contributed by atoms with Crippen molar-refractivity contribution in [3.63, 3.8) is 0 Å². The van der Waals surface area contributed by atoms with Gasteiger partial charge in [-0.2, -0.15) is 0 Å². The van der Waals surface area contributed by atoms with Gasteiger partial charge in [0.05, 0.1) is 7.11 Å². The van der Waals surface area contributed by atoms with Crippen molar-refractivity contribution in [3.05, 3.63) is 65.5 Å². The molecule has 0 saturated carbocycles. The van der Waals surface area contributed by atoms with Crippen LogP contribution in [-0.4, -0.2) is 17.1 Å². The molecule has 6 heteroatoms. The average Bonchev–Trinajstić information content (AvgIpc) is 2.66. The molecule has 2 aromatic carbocycles. The van der Waals surface area contributed by atoms with Crippen LogP contribution in [0.4, 0.5) is 23.0 Å². The van der Waals surface area contributed by atoms with Gasteiger partial charge in [0.25, 0.3) is 0 Å². The van der Waals surface area contributed by atoms with Gasteiger partial charge in [0.1, 0.15) is 17.8 Å². The lowest BCUT2D eigenvalue weighted by Gasteiger charge is -2.14. The standard InChI is InChI=1S/C20H23N5O/c1-13-5-4-6-17(14(13)2)25-20-18(21)19(23-12-24-20)22-11-15-7-9-16(26-3)10-8-15/h4-10,12H,11,21H2,1-3H3,(H2,22,23,24,25). The topological polar surface area (TPSA) is 85.1 Å². The Balaban J connectivity index is 1.75. The predicted molar refractivity (Wildman–Crippen MR) is 106 cm³/mol. The highest BCUT2D eigenvalue weighted by Gasteiger charge is 2.10. The van der Waals surface area contributed by atoms with Crippen molar-refractivity contribution in [2.75, 3.05) is 23.5 Å². The van der Waals surface area contributed by atoms with Gasteiger partial charge >= 0.3 is 0 Å². The molecule has 3 rings (SSSR count). The van der Waals surface area contributed by atoms with Crippen LogP contribution in [0.3, 0.4) is 0 Å². The van der Waals surface area contributed by atoms with Crippen molar-refractivity contribution < 1.29 is 4.74 Å². The number of nitrogen functional groups attached to an aromatic ring is 1. The number of benzene rings is 2. The Bertz CT molecular complexity index is 893. The Kier molecular flexibility index (Phi) is 5.22. The number of ether oxygens (including phenoxy) is 1. The smallest absolute Gasteiger partial charge is 0.159 e. The summed E-state index contributed by atoms with van der Waals surface area (Å²) in [7, 11) is 1.65. The molecule has 0 atom stereocenters. The van der Waals surface area contributed by atoms with Crippen molar-refractivity contribution in [1.82, 2.24) is 9.97 Å². The van der Waals surface area contributed by atoms with Gasteiger partial charge in [0.15, 0.2) is 11.6 Å². The molecule has 0 bridgehead atoms. The van der Waals surface area contributed by atoms with Crippen LogP contribution in [0.1, 0.15) is 16.7 Å². The largest absolute Gasteiger partial charge is 0.497 e. The maximum atomic E-state index is 6.26. The average molecular weight is 349 g/mol. The van der Waals surface area contributed by atoms with E-state index >= 15 is 0 Å². The molecule has 0 aliphatic carbocycles. The lowest BCUT2D eigenvalue weighted by molar-refractivity contribution is 0.414. The van der Waals surface area contributed by atoms with Crippen LogP contribution in [0.2, 0.25) is 0 Å². The monoisotopic (exact) mass is 349 g/mol. The first-order valence-electron chi connectivity index (χ1n) is 8.39. The second-order valence-corrected chi connectivity index (χ2v) is 6.06. The molecule has 6 nitrogen and oxygen atoms in total. The molecular weight excluding hydrogens is 326 g/mol. The van der Waals surface area contributed by atoms with E-state index in [1.165, 1.54) is 17.5 Å². The fourth-order valence-electron chi connectivity index (χ4n) is 2.58. The lowest BCUT2D eigenvalue weighted by atomic mass is 10.1. The molecule has 0 aliphatic heterocycles. The molecule has 26 heavy (non-hydrogen) atoms. The SMILES string of the molecule is COc1ccc(CNc2ncnc(Nc3cccc(C)c3C)c2N)cc1. The second-order valence-electron chi connectivity index (χ2n) is 6.06. The first-order valence-corrected chi connectivity index (χ1v) is 8.39. The highest BCUT2D eigenvalue weighted by atomic mass is 16.5. The van der Waals surface area contributed by atoms with Gasteiger partial charge < -0.3 is 21.1 Å². The van der Waals surface area contributed by atoms with E-state index in [0.29, 0.717) is 23.9 Å². The molecule has 0 aliphatic rings. The first kappa shape index (κ1) is 17.5. The zero-order valence-corrected chi connectivity index (χ0v) is 15.2. The molecular formula is C20H23N5O. The number of nitrogens with two attached hydrogens (primary N) is 1. The zero-order valence-electron chi connectivity index (χ0n) is 15.2. The number of anilines is 4. The summed E-state index contributed by atoms with van der Waals surface area (Å²) in [6.07, 6.45) is 1.50. The van der Waals surface area contributed by atoms with Crippen molar-refractivity contribution in [3.8, 4) is 5.75 Å². The molecule has 0 unspecified atom stereocenters. The third kappa shape index (κ3) is 3.85. The van der Waals surface area contributed by atoms with E-state index in [-0.39, 0.29) is 0 Å². The summed E-state index contributed by atoms with van der Waals surface area (Å²) < 4.78 is 5.17. The number of hydrogen-bond acceptors (Lipinski definition) is 6. The van der Waals surface area contributed by atoms with E-state index in [9.17, 15) is 0 Å². The lowest BCUT2D eigenvalue weighted by Crippen LogP contribution is -2.08. The van der Waals surface area contributed by atoms with Gasteiger partial charge in [-0.15, -0.1) is 0 Å². The van der Waals surface area contributed by atoms with E-state index in [1.54, 1.807) is 7.11 Å². The Morgan fingerprint density at radius 2 is 1.73 bits per heavy atom. The highest BCUT2D eigenvalue weighted by Crippen LogP contribution is 2.28. The van der Waals surface area contributed by atoms with Crippen LogP contribution in [-0.2, 0) is 6.54 Å². The van der Waals surface area contributed by atoms with Crippen LogP contribution in [0.15, 0.2) is 48.8 Å². The summed E-state index contributed by atoms with van der Waals surface area (Å²) in [6.45, 7) is 4.75. The first-order chi connectivity index (χ1) is 12.6. The van der Waals surface area contributed by atoms with Crippen molar-refractivity contribution >= 4 is 23.0 Å². The third-order valence-electron chi connectivity index (χ3n) is 4.36. The van der Waals surface area contributed by atoms with Gasteiger partial charge in [-0.1, -0.05) is 24.3 Å². The number of rotatable bonds is 6. The second kappa shape index (κ2) is 7.74. The minimum atomic E-state index is 0.488. The molecule has 0 amide bonds. The van der Waals surface area contributed by atoms with Crippen molar-refractivity contribution in [1.29, 1.82) is 0 Å². The molecule has 3 aromatic rings. The molecule has 0 fully saturated rings. The number of aryl methyl sites for hydroxylation is 1. The van der Waals surface area contributed by atoms with Gasteiger partial charge in [-0.3, -0.25) is 0 Å². The number of nitrogens with zero attached hydrogens (tertiary/aromatic N) is 2. The maximum Gasteiger partial charge on any atom is 0.159 e. The quantitative estimate of drug-likeness (QED) is 0.623. The Labute approximate surface area is 153 Å². The summed E-state index contributed by atoms with van der Waals surface area (Å²) in [5.41, 5.74) is 11.2. The molecule has 1 heterocycles. The summed E-state index contributed by atoms with van der Waals surface area (Å²) >= 11 is 0. The van der Waals surface area contributed by atoms with E-state index in [2.05, 4.69) is 40.5 Å². The number of nitrogens with one attached hydrogen (secondary N) is 2. The van der Waals surface area contributed by atoms with Gasteiger partial charge in [0, 0.05) is 12.2 Å². The van der Waals surface area contributed by atoms with Gasteiger partial charge in [0.2, 0.25) is 0 Å². The van der Waals surface area contributed by atoms with Crippen LogP contribution in [0, 0.1) is 13.8 Å². The zero-order chi connectivity index (χ0) is 18.5.